The monoisotopic (exact) mass is 380 g/mol. The van der Waals surface area contributed by atoms with Gasteiger partial charge in [0.05, 0.1) is 20.4 Å². The second kappa shape index (κ2) is 8.61. The molecular formula is C22H24N2O4. The number of amides is 1. The fourth-order valence-corrected chi connectivity index (χ4v) is 2.83. The number of methoxy groups -OCH3 is 2. The van der Waals surface area contributed by atoms with Crippen molar-refractivity contribution in [2.75, 3.05) is 19.5 Å². The van der Waals surface area contributed by atoms with Gasteiger partial charge in [-0.2, -0.15) is 0 Å². The smallest absolute Gasteiger partial charge is 0.224 e. The molecule has 2 aromatic carbocycles. The molecule has 28 heavy (non-hydrogen) atoms. The number of benzene rings is 2. The van der Waals surface area contributed by atoms with E-state index in [0.29, 0.717) is 35.3 Å². The summed E-state index contributed by atoms with van der Waals surface area (Å²) >= 11 is 0. The van der Waals surface area contributed by atoms with Gasteiger partial charge in [-0.25, -0.2) is 4.98 Å². The molecule has 3 rings (SSSR count). The van der Waals surface area contributed by atoms with Gasteiger partial charge in [0.15, 0.2) is 23.1 Å². The standard InChI is InChI=1S/C22H24N2O4/c1-14-5-7-16(8-6-14)20-13-23-22(28-20)10-9-21(25)24-17-12-19(27-4)18(26-3)11-15(17)2/h5-8,11-13H,9-10H2,1-4H3,(H,24,25). The third-order valence-corrected chi connectivity index (χ3v) is 4.46. The largest absolute Gasteiger partial charge is 0.493 e. The molecule has 0 aliphatic rings. The van der Waals surface area contributed by atoms with Crippen molar-refractivity contribution in [3.8, 4) is 22.8 Å². The fourth-order valence-electron chi connectivity index (χ4n) is 2.83. The van der Waals surface area contributed by atoms with E-state index in [1.165, 1.54) is 5.56 Å². The Morgan fingerprint density at radius 2 is 1.75 bits per heavy atom. The molecule has 0 atom stereocenters. The maximum atomic E-state index is 12.4. The summed E-state index contributed by atoms with van der Waals surface area (Å²) in [5, 5.41) is 2.91. The number of carbonyl (C=O) groups is 1. The van der Waals surface area contributed by atoms with E-state index >= 15 is 0 Å². The zero-order valence-electron chi connectivity index (χ0n) is 16.5. The number of anilines is 1. The molecule has 1 heterocycles. The third kappa shape index (κ3) is 4.52. The average Bonchev–Trinajstić information content (AvgIpc) is 3.17. The highest BCUT2D eigenvalue weighted by Gasteiger charge is 2.13. The molecule has 3 aromatic rings. The van der Waals surface area contributed by atoms with E-state index in [9.17, 15) is 4.79 Å². The number of carbonyl (C=O) groups excluding carboxylic acids is 1. The second-order valence-electron chi connectivity index (χ2n) is 6.55. The lowest BCUT2D eigenvalue weighted by molar-refractivity contribution is -0.116. The molecule has 0 fully saturated rings. The van der Waals surface area contributed by atoms with Crippen molar-refractivity contribution in [1.82, 2.24) is 4.98 Å². The van der Waals surface area contributed by atoms with Gasteiger partial charge in [0, 0.05) is 30.2 Å². The molecule has 1 amide bonds. The van der Waals surface area contributed by atoms with Crippen LogP contribution in [-0.4, -0.2) is 25.1 Å². The first kappa shape index (κ1) is 19.5. The Balaban J connectivity index is 1.61. The van der Waals surface area contributed by atoms with Gasteiger partial charge in [0.1, 0.15) is 0 Å². The lowest BCUT2D eigenvalue weighted by Gasteiger charge is -2.13. The molecular weight excluding hydrogens is 356 g/mol. The van der Waals surface area contributed by atoms with Crippen molar-refractivity contribution < 1.29 is 18.7 Å². The molecule has 0 aliphatic heterocycles. The van der Waals surface area contributed by atoms with Crippen LogP contribution in [0.5, 0.6) is 11.5 Å². The van der Waals surface area contributed by atoms with Crippen LogP contribution in [-0.2, 0) is 11.2 Å². The van der Waals surface area contributed by atoms with Gasteiger partial charge in [0.25, 0.3) is 0 Å². The van der Waals surface area contributed by atoms with Gasteiger partial charge in [-0.1, -0.05) is 29.8 Å². The van der Waals surface area contributed by atoms with Crippen LogP contribution in [0.25, 0.3) is 11.3 Å². The molecule has 6 nitrogen and oxygen atoms in total. The van der Waals surface area contributed by atoms with Crippen LogP contribution in [0.4, 0.5) is 5.69 Å². The third-order valence-electron chi connectivity index (χ3n) is 4.46. The van der Waals surface area contributed by atoms with E-state index in [4.69, 9.17) is 13.9 Å². The van der Waals surface area contributed by atoms with Crippen LogP contribution in [0.15, 0.2) is 47.0 Å². The van der Waals surface area contributed by atoms with E-state index in [-0.39, 0.29) is 12.3 Å². The zero-order chi connectivity index (χ0) is 20.1. The average molecular weight is 380 g/mol. The number of hydrogen-bond acceptors (Lipinski definition) is 5. The van der Waals surface area contributed by atoms with E-state index in [1.807, 2.05) is 44.2 Å². The number of nitrogens with one attached hydrogen (secondary N) is 1. The highest BCUT2D eigenvalue weighted by atomic mass is 16.5. The number of oxazole rings is 1. The SMILES string of the molecule is COc1cc(C)c(NC(=O)CCc2ncc(-c3ccc(C)cc3)o2)cc1OC. The number of hydrogen-bond donors (Lipinski definition) is 1. The van der Waals surface area contributed by atoms with Crippen LogP contribution in [0.3, 0.4) is 0 Å². The number of aromatic nitrogens is 1. The normalized spacial score (nSPS) is 10.6. The topological polar surface area (TPSA) is 73.6 Å². The van der Waals surface area contributed by atoms with E-state index < -0.39 is 0 Å². The summed E-state index contributed by atoms with van der Waals surface area (Å²) in [6, 6.07) is 11.6. The quantitative estimate of drug-likeness (QED) is 0.651. The number of nitrogens with zero attached hydrogens (tertiary/aromatic N) is 1. The van der Waals surface area contributed by atoms with E-state index in [2.05, 4.69) is 10.3 Å². The highest BCUT2D eigenvalue weighted by molar-refractivity contribution is 5.92. The fraction of sp³-hybridized carbons (Fsp3) is 0.273. The van der Waals surface area contributed by atoms with Crippen molar-refractivity contribution in [3.05, 3.63) is 59.6 Å². The maximum absolute atomic E-state index is 12.4. The van der Waals surface area contributed by atoms with Crippen LogP contribution < -0.4 is 14.8 Å². The lowest BCUT2D eigenvalue weighted by atomic mass is 10.1. The molecule has 0 unspecified atom stereocenters. The summed E-state index contributed by atoms with van der Waals surface area (Å²) in [6.07, 6.45) is 2.38. The lowest BCUT2D eigenvalue weighted by Crippen LogP contribution is -2.13. The van der Waals surface area contributed by atoms with Crippen molar-refractivity contribution >= 4 is 11.6 Å². The summed E-state index contributed by atoms with van der Waals surface area (Å²) < 4.78 is 16.3. The minimum Gasteiger partial charge on any atom is -0.493 e. The number of aryl methyl sites for hydroxylation is 3. The van der Waals surface area contributed by atoms with Crippen molar-refractivity contribution in [1.29, 1.82) is 0 Å². The van der Waals surface area contributed by atoms with Crippen LogP contribution in [0.1, 0.15) is 23.4 Å². The van der Waals surface area contributed by atoms with Gasteiger partial charge >= 0.3 is 0 Å². The molecule has 1 aromatic heterocycles. The molecule has 0 radical (unpaired) electrons. The highest BCUT2D eigenvalue weighted by Crippen LogP contribution is 2.33. The Morgan fingerprint density at radius 3 is 2.43 bits per heavy atom. The molecule has 0 bridgehead atoms. The summed E-state index contributed by atoms with van der Waals surface area (Å²) in [4.78, 5) is 16.6. The summed E-state index contributed by atoms with van der Waals surface area (Å²) in [5.74, 6) is 2.31. The first-order valence-corrected chi connectivity index (χ1v) is 9.04. The van der Waals surface area contributed by atoms with Crippen LogP contribution in [0, 0.1) is 13.8 Å². The minimum atomic E-state index is -0.120. The van der Waals surface area contributed by atoms with Crippen molar-refractivity contribution in [3.63, 3.8) is 0 Å². The minimum absolute atomic E-state index is 0.120. The van der Waals surface area contributed by atoms with Gasteiger partial charge in [-0.15, -0.1) is 0 Å². The first-order valence-electron chi connectivity index (χ1n) is 9.04. The number of ether oxygens (including phenoxy) is 2. The Kier molecular flexibility index (Phi) is 5.99. The predicted molar refractivity (Wildman–Crippen MR) is 108 cm³/mol. The molecule has 0 saturated carbocycles. The van der Waals surface area contributed by atoms with Crippen LogP contribution >= 0.6 is 0 Å². The second-order valence-corrected chi connectivity index (χ2v) is 6.55. The molecule has 0 spiro atoms. The van der Waals surface area contributed by atoms with Gasteiger partial charge in [-0.3, -0.25) is 4.79 Å². The predicted octanol–water partition coefficient (Wildman–Crippen LogP) is 4.55. The van der Waals surface area contributed by atoms with Gasteiger partial charge in [0.2, 0.25) is 5.91 Å². The Bertz CT molecular complexity index is 961. The first-order chi connectivity index (χ1) is 13.5. The van der Waals surface area contributed by atoms with E-state index in [0.717, 1.165) is 11.1 Å². The molecule has 146 valence electrons. The summed E-state index contributed by atoms with van der Waals surface area (Å²) in [6.45, 7) is 3.94. The Labute approximate surface area is 164 Å². The maximum Gasteiger partial charge on any atom is 0.224 e. The molecule has 1 N–H and O–H groups in total. The Morgan fingerprint density at radius 1 is 1.07 bits per heavy atom. The van der Waals surface area contributed by atoms with Crippen molar-refractivity contribution in [2.24, 2.45) is 0 Å². The van der Waals surface area contributed by atoms with Gasteiger partial charge in [-0.05, 0) is 25.5 Å². The summed E-state index contributed by atoms with van der Waals surface area (Å²) in [7, 11) is 3.14. The molecule has 0 saturated heterocycles. The van der Waals surface area contributed by atoms with Crippen LogP contribution in [0.2, 0.25) is 0 Å². The van der Waals surface area contributed by atoms with Crippen molar-refractivity contribution in [2.45, 2.75) is 26.7 Å². The van der Waals surface area contributed by atoms with Gasteiger partial charge < -0.3 is 19.2 Å². The number of rotatable bonds is 7. The molecule has 6 heteroatoms. The summed E-state index contributed by atoms with van der Waals surface area (Å²) in [5.41, 5.74) is 3.74. The molecule has 0 aliphatic carbocycles. The zero-order valence-corrected chi connectivity index (χ0v) is 16.5. The van der Waals surface area contributed by atoms with E-state index in [1.54, 1.807) is 26.5 Å². The Hall–Kier alpha value is -3.28.